The molecule has 2 atom stereocenters. The fraction of sp³-hybridized carbons (Fsp3) is 0.333. The summed E-state index contributed by atoms with van der Waals surface area (Å²) in [6.07, 6.45) is 3.55. The van der Waals surface area contributed by atoms with Crippen molar-refractivity contribution in [3.63, 3.8) is 0 Å². The fourth-order valence-corrected chi connectivity index (χ4v) is 4.92. The number of aromatic nitrogens is 2. The maximum Gasteiger partial charge on any atom is 0.272 e. The minimum atomic E-state index is -0.397. The van der Waals surface area contributed by atoms with Gasteiger partial charge in [0.15, 0.2) is 0 Å². The Morgan fingerprint density at radius 2 is 1.81 bits per heavy atom. The number of nitrogens with one attached hydrogen (secondary N) is 1. The number of halogens is 1. The number of pyridine rings is 2. The van der Waals surface area contributed by atoms with E-state index in [0.717, 1.165) is 22.4 Å². The van der Waals surface area contributed by atoms with E-state index in [1.165, 1.54) is 12.3 Å². The quantitative estimate of drug-likeness (QED) is 0.595. The Balaban J connectivity index is 1.45. The van der Waals surface area contributed by atoms with Gasteiger partial charge in [0.1, 0.15) is 17.3 Å². The van der Waals surface area contributed by atoms with Crippen LogP contribution in [0.2, 0.25) is 0 Å². The molecule has 2 aliphatic rings. The average molecular weight is 490 g/mol. The number of nitrogens with zero attached hydrogens (tertiary/aromatic N) is 4. The van der Waals surface area contributed by atoms with E-state index in [0.29, 0.717) is 44.2 Å². The zero-order valence-electron chi connectivity index (χ0n) is 20.3. The molecule has 0 spiro atoms. The number of hydrogen-bond acceptors (Lipinski definition) is 6. The monoisotopic (exact) mass is 489 g/mol. The smallest absolute Gasteiger partial charge is 0.272 e. The lowest BCUT2D eigenvalue weighted by Gasteiger charge is -2.39. The molecule has 9 heteroatoms. The van der Waals surface area contributed by atoms with Crippen LogP contribution in [0.15, 0.2) is 54.9 Å². The van der Waals surface area contributed by atoms with Gasteiger partial charge in [-0.05, 0) is 54.8 Å². The Kier molecular flexibility index (Phi) is 6.65. The minimum Gasteiger partial charge on any atom is -0.378 e. The van der Waals surface area contributed by atoms with Crippen molar-refractivity contribution >= 4 is 23.3 Å². The second kappa shape index (κ2) is 10.0. The third-order valence-electron chi connectivity index (χ3n) is 6.68. The highest BCUT2D eigenvalue weighted by Crippen LogP contribution is 2.41. The summed E-state index contributed by atoms with van der Waals surface area (Å²) in [6, 6.07) is 12.4. The topological polar surface area (TPSA) is 87.7 Å². The van der Waals surface area contributed by atoms with E-state index in [4.69, 9.17) is 4.74 Å². The molecule has 8 nitrogen and oxygen atoms in total. The molecule has 1 saturated heterocycles. The summed E-state index contributed by atoms with van der Waals surface area (Å²) in [4.78, 5) is 37.3. The molecular weight excluding hydrogens is 461 g/mol. The first kappa shape index (κ1) is 23.9. The average Bonchev–Trinajstić information content (AvgIpc) is 2.90. The van der Waals surface area contributed by atoms with Crippen molar-refractivity contribution in [3.8, 4) is 11.1 Å². The van der Waals surface area contributed by atoms with Crippen LogP contribution in [0.3, 0.4) is 0 Å². The molecule has 2 aromatic heterocycles. The van der Waals surface area contributed by atoms with Gasteiger partial charge in [0, 0.05) is 43.5 Å². The highest BCUT2D eigenvalue weighted by molar-refractivity contribution is 5.95. The van der Waals surface area contributed by atoms with E-state index in [1.807, 2.05) is 31.2 Å². The maximum absolute atomic E-state index is 13.4. The molecule has 0 radical (unpaired) electrons. The molecule has 3 aromatic rings. The number of carbonyl (C=O) groups is 2. The van der Waals surface area contributed by atoms with Gasteiger partial charge in [-0.1, -0.05) is 12.1 Å². The van der Waals surface area contributed by atoms with Crippen molar-refractivity contribution in [1.29, 1.82) is 0 Å². The first-order valence-corrected chi connectivity index (χ1v) is 12.1. The van der Waals surface area contributed by atoms with Crippen molar-refractivity contribution in [1.82, 2.24) is 14.9 Å². The molecule has 2 amide bonds. The highest BCUT2D eigenvalue weighted by Gasteiger charge is 2.33. The van der Waals surface area contributed by atoms with E-state index in [9.17, 15) is 14.0 Å². The summed E-state index contributed by atoms with van der Waals surface area (Å²) < 4.78 is 18.7. The standard InChI is InChI=1S/C27H28FN5O3/c1-17-13-24(31-26-8-5-21(28)16-30-26)22-14-19(4-7-25(22)33(17)18(2)34)20-3-6-23(29-15-20)27(35)32-9-11-36-12-10-32/h3-8,14-17,24H,9-13H2,1-2H3,(H,30,31)/t17-,24+/m0/s1. The van der Waals surface area contributed by atoms with Gasteiger partial charge in [-0.25, -0.2) is 9.37 Å². The van der Waals surface area contributed by atoms with E-state index < -0.39 is 5.82 Å². The first-order valence-electron chi connectivity index (χ1n) is 12.1. The van der Waals surface area contributed by atoms with Gasteiger partial charge >= 0.3 is 0 Å². The van der Waals surface area contributed by atoms with Crippen LogP contribution in [-0.4, -0.2) is 59.0 Å². The molecule has 0 saturated carbocycles. The lowest BCUT2D eigenvalue weighted by atomic mass is 9.89. The van der Waals surface area contributed by atoms with Crippen LogP contribution in [0.1, 0.15) is 42.4 Å². The summed E-state index contributed by atoms with van der Waals surface area (Å²) in [5, 5.41) is 3.40. The minimum absolute atomic E-state index is 0.0223. The number of hydrogen-bond donors (Lipinski definition) is 1. The summed E-state index contributed by atoms with van der Waals surface area (Å²) >= 11 is 0. The van der Waals surface area contributed by atoms with E-state index in [1.54, 1.807) is 35.1 Å². The van der Waals surface area contributed by atoms with Gasteiger partial charge in [0.05, 0.1) is 25.5 Å². The van der Waals surface area contributed by atoms with Gasteiger partial charge in [0.25, 0.3) is 5.91 Å². The molecule has 1 fully saturated rings. The van der Waals surface area contributed by atoms with Crippen LogP contribution < -0.4 is 10.2 Å². The number of amides is 2. The summed E-state index contributed by atoms with van der Waals surface area (Å²) in [7, 11) is 0. The lowest BCUT2D eigenvalue weighted by molar-refractivity contribution is -0.117. The molecule has 186 valence electrons. The summed E-state index contributed by atoms with van der Waals surface area (Å²) in [5.41, 5.74) is 3.96. The van der Waals surface area contributed by atoms with Crippen molar-refractivity contribution in [3.05, 3.63) is 71.9 Å². The Bertz CT molecular complexity index is 1260. The molecule has 0 unspecified atom stereocenters. The van der Waals surface area contributed by atoms with Gasteiger partial charge < -0.3 is 19.9 Å². The normalized spacial score (nSPS) is 19.5. The molecule has 1 aromatic carbocycles. The number of morpholine rings is 1. The van der Waals surface area contributed by atoms with Crippen LogP contribution in [0.5, 0.6) is 0 Å². The van der Waals surface area contributed by atoms with Crippen LogP contribution in [0.4, 0.5) is 15.9 Å². The molecule has 0 bridgehead atoms. The number of rotatable bonds is 4. The molecule has 5 rings (SSSR count). The first-order chi connectivity index (χ1) is 17.4. The Labute approximate surface area is 209 Å². The second-order valence-corrected chi connectivity index (χ2v) is 9.14. The van der Waals surface area contributed by atoms with Gasteiger partial charge in [-0.3, -0.25) is 14.6 Å². The Hall–Kier alpha value is -3.85. The zero-order chi connectivity index (χ0) is 25.2. The van der Waals surface area contributed by atoms with Crippen molar-refractivity contribution in [2.24, 2.45) is 0 Å². The summed E-state index contributed by atoms with van der Waals surface area (Å²) in [5.74, 6) is 0.0415. The van der Waals surface area contributed by atoms with Gasteiger partial charge in [0.2, 0.25) is 5.91 Å². The van der Waals surface area contributed by atoms with E-state index >= 15 is 0 Å². The highest BCUT2D eigenvalue weighted by atomic mass is 19.1. The molecule has 1 N–H and O–H groups in total. The van der Waals surface area contributed by atoms with Crippen LogP contribution in [0.25, 0.3) is 11.1 Å². The van der Waals surface area contributed by atoms with Crippen molar-refractivity contribution in [2.75, 3.05) is 36.5 Å². The van der Waals surface area contributed by atoms with Gasteiger partial charge in [-0.15, -0.1) is 0 Å². The van der Waals surface area contributed by atoms with Crippen LogP contribution in [-0.2, 0) is 9.53 Å². The van der Waals surface area contributed by atoms with E-state index in [-0.39, 0.29) is 23.9 Å². The molecule has 4 heterocycles. The van der Waals surface area contributed by atoms with Crippen LogP contribution in [0, 0.1) is 5.82 Å². The largest absolute Gasteiger partial charge is 0.378 e. The van der Waals surface area contributed by atoms with Crippen LogP contribution >= 0.6 is 0 Å². The number of ether oxygens (including phenoxy) is 1. The predicted molar refractivity (Wildman–Crippen MR) is 134 cm³/mol. The molecule has 36 heavy (non-hydrogen) atoms. The molecular formula is C27H28FN5O3. The second-order valence-electron chi connectivity index (χ2n) is 9.14. The Morgan fingerprint density at radius 3 is 2.47 bits per heavy atom. The van der Waals surface area contributed by atoms with Crippen molar-refractivity contribution in [2.45, 2.75) is 32.4 Å². The van der Waals surface area contributed by atoms with Gasteiger partial charge in [-0.2, -0.15) is 0 Å². The number of anilines is 2. The number of carbonyl (C=O) groups excluding carboxylic acids is 2. The van der Waals surface area contributed by atoms with Crippen molar-refractivity contribution < 1.29 is 18.7 Å². The lowest BCUT2D eigenvalue weighted by Crippen LogP contribution is -2.43. The summed E-state index contributed by atoms with van der Waals surface area (Å²) in [6.45, 7) is 5.79. The molecule has 0 aliphatic carbocycles. The third kappa shape index (κ3) is 4.79. The SMILES string of the molecule is CC(=O)N1c2ccc(-c3ccc(C(=O)N4CCOCC4)nc3)cc2[C@H](Nc2ccc(F)cn2)C[C@@H]1C. The Morgan fingerprint density at radius 1 is 1.03 bits per heavy atom. The van der Waals surface area contributed by atoms with E-state index in [2.05, 4.69) is 15.3 Å². The number of fused-ring (bicyclic) bond motifs is 1. The maximum atomic E-state index is 13.4. The zero-order valence-corrected chi connectivity index (χ0v) is 20.3. The third-order valence-corrected chi connectivity index (χ3v) is 6.68. The molecule has 2 aliphatic heterocycles. The fourth-order valence-electron chi connectivity index (χ4n) is 4.92. The predicted octanol–water partition coefficient (Wildman–Crippen LogP) is 4.05. The number of benzene rings is 1.